The van der Waals surface area contributed by atoms with Crippen LogP contribution >= 0.6 is 0 Å². The van der Waals surface area contributed by atoms with Crippen LogP contribution in [0, 0.1) is 11.3 Å². The molecular weight excluding hydrogens is 206 g/mol. The first-order chi connectivity index (χ1) is 8.01. The van der Waals surface area contributed by atoms with E-state index in [1.807, 2.05) is 0 Å². The van der Waals surface area contributed by atoms with Crippen LogP contribution in [0.2, 0.25) is 0 Å². The zero-order valence-corrected chi connectivity index (χ0v) is 12.5. The molecule has 1 fully saturated rings. The van der Waals surface area contributed by atoms with Crippen molar-refractivity contribution in [3.05, 3.63) is 0 Å². The molecule has 0 bridgehead atoms. The minimum atomic E-state index is 0.479. The van der Waals surface area contributed by atoms with Crippen molar-refractivity contribution in [1.82, 2.24) is 5.32 Å². The second kappa shape index (κ2) is 7.41. The average molecular weight is 239 g/mol. The summed E-state index contributed by atoms with van der Waals surface area (Å²) in [4.78, 5) is 0. The lowest BCUT2D eigenvalue weighted by molar-refractivity contribution is 0.255. The molecule has 1 rings (SSSR count). The lowest BCUT2D eigenvalue weighted by Crippen LogP contribution is -2.40. The molecule has 102 valence electrons. The monoisotopic (exact) mass is 239 g/mol. The van der Waals surface area contributed by atoms with E-state index in [1.165, 1.54) is 57.9 Å². The summed E-state index contributed by atoms with van der Waals surface area (Å²) in [5.41, 5.74) is 0.479. The van der Waals surface area contributed by atoms with Gasteiger partial charge >= 0.3 is 0 Å². The lowest BCUT2D eigenvalue weighted by Gasteiger charge is -2.31. The second-order valence-electron chi connectivity index (χ2n) is 7.06. The fourth-order valence-corrected chi connectivity index (χ4v) is 2.84. The Bertz CT molecular complexity index is 196. The van der Waals surface area contributed by atoms with Gasteiger partial charge in [-0.25, -0.2) is 0 Å². The van der Waals surface area contributed by atoms with E-state index in [9.17, 15) is 0 Å². The van der Waals surface area contributed by atoms with Gasteiger partial charge in [-0.3, -0.25) is 0 Å². The van der Waals surface area contributed by atoms with E-state index < -0.39 is 0 Å². The fourth-order valence-electron chi connectivity index (χ4n) is 2.84. The molecule has 0 radical (unpaired) electrons. The maximum atomic E-state index is 3.83. The van der Waals surface area contributed by atoms with E-state index in [1.54, 1.807) is 0 Å². The van der Waals surface area contributed by atoms with E-state index in [0.29, 0.717) is 5.41 Å². The molecule has 1 saturated heterocycles. The summed E-state index contributed by atoms with van der Waals surface area (Å²) >= 11 is 0. The molecule has 1 heteroatoms. The largest absolute Gasteiger partial charge is 0.313 e. The van der Waals surface area contributed by atoms with Gasteiger partial charge < -0.3 is 5.32 Å². The Morgan fingerprint density at radius 3 is 2.18 bits per heavy atom. The van der Waals surface area contributed by atoms with E-state index in [0.717, 1.165) is 12.0 Å². The third-order valence-electron chi connectivity index (χ3n) is 4.27. The van der Waals surface area contributed by atoms with Crippen LogP contribution in [0.5, 0.6) is 0 Å². The van der Waals surface area contributed by atoms with Crippen LogP contribution in [0.1, 0.15) is 79.1 Å². The zero-order chi connectivity index (χ0) is 12.7. The smallest absolute Gasteiger partial charge is 0.00902 e. The van der Waals surface area contributed by atoms with Gasteiger partial charge in [0.1, 0.15) is 0 Å². The summed E-state index contributed by atoms with van der Waals surface area (Å²) in [7, 11) is 0. The van der Waals surface area contributed by atoms with Crippen LogP contribution in [0.15, 0.2) is 0 Å². The first kappa shape index (κ1) is 15.0. The first-order valence-electron chi connectivity index (χ1n) is 7.75. The molecule has 0 aromatic carbocycles. The highest BCUT2D eigenvalue weighted by Gasteiger charge is 2.21. The summed E-state index contributed by atoms with van der Waals surface area (Å²) in [5, 5.41) is 3.83. The van der Waals surface area contributed by atoms with Gasteiger partial charge in [-0.2, -0.15) is 0 Å². The summed E-state index contributed by atoms with van der Waals surface area (Å²) in [6, 6.07) is 0.730. The average Bonchev–Trinajstić information content (AvgIpc) is 2.23. The molecule has 1 nitrogen and oxygen atoms in total. The molecule has 1 unspecified atom stereocenters. The predicted octanol–water partition coefficient (Wildman–Crippen LogP) is 4.76. The normalized spacial score (nSPS) is 28.4. The molecule has 1 atom stereocenters. The van der Waals surface area contributed by atoms with Gasteiger partial charge in [0.05, 0.1) is 0 Å². The topological polar surface area (TPSA) is 12.0 Å². The third-order valence-corrected chi connectivity index (χ3v) is 4.27. The Morgan fingerprint density at radius 1 is 0.941 bits per heavy atom. The van der Waals surface area contributed by atoms with Crippen LogP contribution in [0.4, 0.5) is 0 Å². The Labute approximate surface area is 109 Å². The number of nitrogens with one attached hydrogen (secondary N) is 1. The highest BCUT2D eigenvalue weighted by molar-refractivity contribution is 4.78. The zero-order valence-electron chi connectivity index (χ0n) is 12.5. The predicted molar refractivity (Wildman–Crippen MR) is 77.3 cm³/mol. The molecule has 1 aliphatic heterocycles. The molecule has 0 spiro atoms. The molecular formula is C16H33N. The van der Waals surface area contributed by atoms with Crippen molar-refractivity contribution in [2.24, 2.45) is 11.3 Å². The Kier molecular flexibility index (Phi) is 6.54. The molecule has 0 aromatic heterocycles. The van der Waals surface area contributed by atoms with Gasteiger partial charge in [0.15, 0.2) is 0 Å². The molecule has 0 amide bonds. The second-order valence-corrected chi connectivity index (χ2v) is 7.06. The first-order valence-corrected chi connectivity index (χ1v) is 7.75. The van der Waals surface area contributed by atoms with Gasteiger partial charge in [0.25, 0.3) is 0 Å². The maximum absolute atomic E-state index is 3.83. The van der Waals surface area contributed by atoms with E-state index in [4.69, 9.17) is 0 Å². The summed E-state index contributed by atoms with van der Waals surface area (Å²) < 4.78 is 0. The third kappa shape index (κ3) is 6.45. The van der Waals surface area contributed by atoms with Crippen molar-refractivity contribution < 1.29 is 0 Å². The molecule has 0 saturated carbocycles. The van der Waals surface area contributed by atoms with Crippen molar-refractivity contribution in [3.63, 3.8) is 0 Å². The summed E-state index contributed by atoms with van der Waals surface area (Å²) in [5.74, 6) is 0.772. The lowest BCUT2D eigenvalue weighted by atomic mass is 9.85. The van der Waals surface area contributed by atoms with Crippen LogP contribution in [-0.4, -0.2) is 12.6 Å². The van der Waals surface area contributed by atoms with Crippen molar-refractivity contribution in [2.45, 2.75) is 85.1 Å². The summed E-state index contributed by atoms with van der Waals surface area (Å²) in [6.07, 6.45) is 11.4. The quantitative estimate of drug-likeness (QED) is 0.695. The van der Waals surface area contributed by atoms with Gasteiger partial charge in [0.2, 0.25) is 0 Å². The van der Waals surface area contributed by atoms with Gasteiger partial charge in [0, 0.05) is 12.6 Å². The van der Waals surface area contributed by atoms with Crippen LogP contribution < -0.4 is 5.32 Å². The van der Waals surface area contributed by atoms with E-state index in [-0.39, 0.29) is 0 Å². The Morgan fingerprint density at radius 2 is 1.53 bits per heavy atom. The summed E-state index contributed by atoms with van der Waals surface area (Å²) in [6.45, 7) is 10.7. The SMILES string of the molecule is CC(C)C1CCCCCCCCC(C)(C)CN1. The molecule has 17 heavy (non-hydrogen) atoms. The standard InChI is InChI=1S/C16H33N/c1-14(2)15-11-9-7-5-6-8-10-12-16(3,4)13-17-15/h14-15,17H,5-13H2,1-4H3. The maximum Gasteiger partial charge on any atom is 0.00902 e. The fraction of sp³-hybridized carbons (Fsp3) is 1.00. The molecule has 1 N–H and O–H groups in total. The van der Waals surface area contributed by atoms with Crippen molar-refractivity contribution in [3.8, 4) is 0 Å². The Balaban J connectivity index is 2.48. The van der Waals surface area contributed by atoms with E-state index in [2.05, 4.69) is 33.0 Å². The van der Waals surface area contributed by atoms with Gasteiger partial charge in [-0.05, 0) is 24.2 Å². The highest BCUT2D eigenvalue weighted by Crippen LogP contribution is 2.25. The number of rotatable bonds is 1. The van der Waals surface area contributed by atoms with Gasteiger partial charge in [-0.15, -0.1) is 0 Å². The van der Waals surface area contributed by atoms with Crippen molar-refractivity contribution in [2.75, 3.05) is 6.54 Å². The van der Waals surface area contributed by atoms with Gasteiger partial charge in [-0.1, -0.05) is 66.2 Å². The number of hydrogen-bond acceptors (Lipinski definition) is 1. The number of hydrogen-bond donors (Lipinski definition) is 1. The van der Waals surface area contributed by atoms with Crippen LogP contribution in [-0.2, 0) is 0 Å². The molecule has 0 aromatic rings. The molecule has 0 aliphatic carbocycles. The molecule has 1 heterocycles. The van der Waals surface area contributed by atoms with Crippen molar-refractivity contribution >= 4 is 0 Å². The molecule has 1 aliphatic rings. The van der Waals surface area contributed by atoms with Crippen molar-refractivity contribution in [1.29, 1.82) is 0 Å². The minimum absolute atomic E-state index is 0.479. The minimum Gasteiger partial charge on any atom is -0.313 e. The van der Waals surface area contributed by atoms with Crippen LogP contribution in [0.3, 0.4) is 0 Å². The highest BCUT2D eigenvalue weighted by atomic mass is 14.9. The van der Waals surface area contributed by atoms with E-state index >= 15 is 0 Å². The van der Waals surface area contributed by atoms with Crippen LogP contribution in [0.25, 0.3) is 0 Å². The Hall–Kier alpha value is -0.0400.